The molecule has 0 bridgehead atoms. The molecule has 1 aliphatic carbocycles. The number of benzene rings is 3. The maximum Gasteiger partial charge on any atom is 0.255 e. The molecule has 1 atom stereocenters. The maximum absolute atomic E-state index is 14.3. The van der Waals surface area contributed by atoms with Crippen LogP contribution >= 0.6 is 0 Å². The molecular weight excluding hydrogens is 521 g/mol. The van der Waals surface area contributed by atoms with E-state index < -0.39 is 6.04 Å². The van der Waals surface area contributed by atoms with Gasteiger partial charge in [0.05, 0.1) is 5.52 Å². The molecule has 210 valence electrons. The monoisotopic (exact) mass is 553 g/mol. The fourth-order valence-electron chi connectivity index (χ4n) is 5.67. The summed E-state index contributed by atoms with van der Waals surface area (Å²) in [5.74, 6) is 0.108. The molecule has 1 saturated carbocycles. The molecule has 0 radical (unpaired) electrons. The Bertz CT molecular complexity index is 1550. The summed E-state index contributed by atoms with van der Waals surface area (Å²) in [6, 6.07) is 19.6. The summed E-state index contributed by atoms with van der Waals surface area (Å²) in [6.45, 7) is 0.931. The fourth-order valence-corrected chi connectivity index (χ4v) is 5.67. The molecule has 2 amide bonds. The van der Waals surface area contributed by atoms with Crippen molar-refractivity contribution in [2.24, 2.45) is 0 Å². The molecule has 0 unspecified atom stereocenters. The van der Waals surface area contributed by atoms with Crippen LogP contribution in [-0.2, 0) is 11.3 Å². The topological polar surface area (TPSA) is 80.8 Å². The molecule has 2 aliphatic rings. The Hall–Kier alpha value is -4.46. The van der Waals surface area contributed by atoms with Gasteiger partial charge in [-0.25, -0.2) is 4.39 Å². The molecule has 7 nitrogen and oxygen atoms in total. The number of nitrogens with zero attached hydrogens (tertiary/aromatic N) is 2. The van der Waals surface area contributed by atoms with E-state index in [1.54, 1.807) is 41.4 Å². The summed E-state index contributed by atoms with van der Waals surface area (Å²) >= 11 is 0. The van der Waals surface area contributed by atoms with E-state index in [0.717, 1.165) is 43.0 Å². The van der Waals surface area contributed by atoms with Crippen molar-refractivity contribution < 1.29 is 23.5 Å². The van der Waals surface area contributed by atoms with Crippen molar-refractivity contribution in [1.82, 2.24) is 15.2 Å². The molecule has 1 aliphatic heterocycles. The van der Waals surface area contributed by atoms with Crippen molar-refractivity contribution in [3.05, 3.63) is 102 Å². The van der Waals surface area contributed by atoms with Crippen LogP contribution in [-0.4, -0.2) is 41.0 Å². The van der Waals surface area contributed by atoms with Gasteiger partial charge in [-0.1, -0.05) is 43.5 Å². The van der Waals surface area contributed by atoms with Gasteiger partial charge in [-0.05, 0) is 72.5 Å². The fraction of sp³-hybridized carbons (Fsp3) is 0.303. The zero-order valence-corrected chi connectivity index (χ0v) is 22.7. The van der Waals surface area contributed by atoms with Crippen LogP contribution in [0, 0.1) is 5.82 Å². The average molecular weight is 554 g/mol. The Morgan fingerprint density at radius 2 is 1.71 bits per heavy atom. The minimum atomic E-state index is -0.938. The lowest BCUT2D eigenvalue weighted by Gasteiger charge is -2.34. The highest BCUT2D eigenvalue weighted by atomic mass is 19.1. The van der Waals surface area contributed by atoms with Crippen LogP contribution in [0.2, 0.25) is 0 Å². The number of hydrogen-bond acceptors (Lipinski definition) is 5. The first-order chi connectivity index (χ1) is 20.0. The highest BCUT2D eigenvalue weighted by Crippen LogP contribution is 2.34. The number of halogens is 1. The lowest BCUT2D eigenvalue weighted by atomic mass is 9.94. The zero-order valence-electron chi connectivity index (χ0n) is 22.7. The minimum Gasteiger partial charge on any atom is -0.486 e. The van der Waals surface area contributed by atoms with E-state index >= 15 is 0 Å². The summed E-state index contributed by atoms with van der Waals surface area (Å²) < 4.78 is 25.2. The molecule has 1 aromatic heterocycles. The van der Waals surface area contributed by atoms with Crippen molar-refractivity contribution >= 4 is 22.7 Å². The third-order valence-electron chi connectivity index (χ3n) is 7.77. The molecule has 41 heavy (non-hydrogen) atoms. The number of pyridine rings is 1. The van der Waals surface area contributed by atoms with E-state index in [1.165, 1.54) is 12.1 Å². The lowest BCUT2D eigenvalue weighted by Crippen LogP contribution is -2.46. The number of aromatic nitrogens is 1. The van der Waals surface area contributed by atoms with E-state index in [0.29, 0.717) is 41.4 Å². The second kappa shape index (κ2) is 12.0. The van der Waals surface area contributed by atoms with Crippen LogP contribution in [0.15, 0.2) is 79.0 Å². The zero-order chi connectivity index (χ0) is 28.2. The van der Waals surface area contributed by atoms with Gasteiger partial charge in [-0.15, -0.1) is 0 Å². The molecule has 1 N–H and O–H groups in total. The van der Waals surface area contributed by atoms with Gasteiger partial charge in [0, 0.05) is 29.7 Å². The molecule has 2 heterocycles. The Labute approximate surface area is 238 Å². The van der Waals surface area contributed by atoms with E-state index in [2.05, 4.69) is 10.3 Å². The highest BCUT2D eigenvalue weighted by molar-refractivity contribution is 5.99. The molecule has 6 rings (SSSR count). The van der Waals surface area contributed by atoms with Gasteiger partial charge >= 0.3 is 0 Å². The molecule has 0 spiro atoms. The first kappa shape index (κ1) is 26.7. The number of hydrogen-bond donors (Lipinski definition) is 1. The van der Waals surface area contributed by atoms with Gasteiger partial charge in [0.1, 0.15) is 25.1 Å². The number of amides is 2. The number of carbonyl (C=O) groups excluding carboxylic acids is 2. The number of rotatable bonds is 7. The molecule has 8 heteroatoms. The van der Waals surface area contributed by atoms with Crippen molar-refractivity contribution in [2.45, 2.75) is 50.7 Å². The average Bonchev–Trinajstić information content (AvgIpc) is 3.01. The summed E-state index contributed by atoms with van der Waals surface area (Å²) in [7, 11) is 0. The van der Waals surface area contributed by atoms with Gasteiger partial charge in [0.15, 0.2) is 11.5 Å². The van der Waals surface area contributed by atoms with Gasteiger partial charge < -0.3 is 19.7 Å². The first-order valence-corrected chi connectivity index (χ1v) is 14.2. The van der Waals surface area contributed by atoms with E-state index in [9.17, 15) is 14.0 Å². The molecule has 3 aromatic carbocycles. The predicted octanol–water partition coefficient (Wildman–Crippen LogP) is 5.98. The van der Waals surface area contributed by atoms with E-state index in [-0.39, 0.29) is 30.2 Å². The van der Waals surface area contributed by atoms with Crippen LogP contribution < -0.4 is 14.8 Å². The lowest BCUT2D eigenvalue weighted by molar-refractivity contribution is -0.127. The molecule has 4 aromatic rings. The standard InChI is InChI=1S/C33H32FN3O4/c34-26-12-8-22(9-13-26)21-37(33(39)25-11-15-29-30(20-25)41-18-17-40-29)31(32(38)36-27-6-2-1-3-7-27)24-10-14-28-23(19-24)5-4-16-35-28/h4-5,8-16,19-20,27,31H,1-3,6-7,17-18,21H2,(H,36,38)/t31-/m1/s1. The van der Waals surface area contributed by atoms with Gasteiger partial charge in [0.25, 0.3) is 5.91 Å². The summed E-state index contributed by atoms with van der Waals surface area (Å²) in [5, 5.41) is 4.11. The van der Waals surface area contributed by atoms with Gasteiger partial charge in [-0.2, -0.15) is 0 Å². The number of ether oxygens (including phenoxy) is 2. The van der Waals surface area contributed by atoms with Crippen molar-refractivity contribution in [3.8, 4) is 11.5 Å². The van der Waals surface area contributed by atoms with Crippen molar-refractivity contribution in [1.29, 1.82) is 0 Å². The smallest absolute Gasteiger partial charge is 0.255 e. The van der Waals surface area contributed by atoms with Crippen LogP contribution in [0.5, 0.6) is 11.5 Å². The number of fused-ring (bicyclic) bond motifs is 2. The van der Waals surface area contributed by atoms with Gasteiger partial charge in [-0.3, -0.25) is 14.6 Å². The van der Waals surface area contributed by atoms with Crippen LogP contribution in [0.3, 0.4) is 0 Å². The Morgan fingerprint density at radius 1 is 0.927 bits per heavy atom. The van der Waals surface area contributed by atoms with Crippen molar-refractivity contribution in [3.63, 3.8) is 0 Å². The second-order valence-electron chi connectivity index (χ2n) is 10.6. The predicted molar refractivity (Wildman–Crippen MR) is 153 cm³/mol. The summed E-state index contributed by atoms with van der Waals surface area (Å²) in [4.78, 5) is 34.5. The molecular formula is C33H32FN3O4. The Balaban J connectivity index is 1.43. The Kier molecular flexibility index (Phi) is 7.80. The largest absolute Gasteiger partial charge is 0.486 e. The van der Waals surface area contributed by atoms with Crippen molar-refractivity contribution in [2.75, 3.05) is 13.2 Å². The van der Waals surface area contributed by atoms with E-state index in [4.69, 9.17) is 9.47 Å². The number of nitrogens with one attached hydrogen (secondary N) is 1. The highest BCUT2D eigenvalue weighted by Gasteiger charge is 2.34. The first-order valence-electron chi connectivity index (χ1n) is 14.2. The molecule has 0 saturated heterocycles. The van der Waals surface area contributed by atoms with E-state index in [1.807, 2.05) is 30.3 Å². The van der Waals surface area contributed by atoms with Crippen LogP contribution in [0.1, 0.15) is 59.6 Å². The SMILES string of the molecule is O=C(NC1CCCCC1)[C@@H](c1ccc2ncccc2c1)N(Cc1ccc(F)cc1)C(=O)c1ccc2c(c1)OCCO2. The second-order valence-corrected chi connectivity index (χ2v) is 10.6. The minimum absolute atomic E-state index is 0.0536. The van der Waals surface area contributed by atoms with Crippen LogP contribution in [0.25, 0.3) is 10.9 Å². The third kappa shape index (κ3) is 6.01. The summed E-state index contributed by atoms with van der Waals surface area (Å²) in [5.41, 5.74) is 2.54. The van der Waals surface area contributed by atoms with Crippen LogP contribution in [0.4, 0.5) is 4.39 Å². The number of carbonyl (C=O) groups is 2. The maximum atomic E-state index is 14.3. The quantitative estimate of drug-likeness (QED) is 0.305. The molecule has 1 fully saturated rings. The Morgan fingerprint density at radius 3 is 2.51 bits per heavy atom. The third-order valence-corrected chi connectivity index (χ3v) is 7.77. The van der Waals surface area contributed by atoms with Gasteiger partial charge in [0.2, 0.25) is 5.91 Å². The normalized spacial score (nSPS) is 15.7. The summed E-state index contributed by atoms with van der Waals surface area (Å²) in [6.07, 6.45) is 6.83.